The Kier molecular flexibility index (Phi) is 6.64. The Balaban J connectivity index is 0.000000413. The predicted molar refractivity (Wildman–Crippen MR) is 94.6 cm³/mol. The molecule has 2 rings (SSSR count). The number of halogens is 1. The van der Waals surface area contributed by atoms with Crippen LogP contribution in [0, 0.1) is 35.0 Å². The van der Waals surface area contributed by atoms with Gasteiger partial charge in [0.05, 0.1) is 12.8 Å². The first-order valence-electron chi connectivity index (χ1n) is 7.34. The summed E-state index contributed by atoms with van der Waals surface area (Å²) >= 11 is 0. The van der Waals surface area contributed by atoms with Crippen molar-refractivity contribution >= 4 is 8.07 Å². The summed E-state index contributed by atoms with van der Waals surface area (Å²) in [6, 6.07) is 10.0. The van der Waals surface area contributed by atoms with Crippen LogP contribution in [0.15, 0.2) is 30.3 Å². The number of nitriles is 2. The molecule has 6 heteroatoms. The molecule has 0 fully saturated rings. The zero-order valence-electron chi connectivity index (χ0n) is 14.5. The van der Waals surface area contributed by atoms with Gasteiger partial charge in [-0.2, -0.15) is 5.26 Å². The Bertz CT molecular complexity index is 801. The van der Waals surface area contributed by atoms with Gasteiger partial charge in [-0.15, -0.1) is 0 Å². The molecule has 1 heterocycles. The lowest BCUT2D eigenvalue weighted by atomic mass is 10.1. The highest BCUT2D eigenvalue weighted by Gasteiger charge is 2.10. The Morgan fingerprint density at radius 1 is 1.12 bits per heavy atom. The highest BCUT2D eigenvalue weighted by molar-refractivity contribution is 6.83. The zero-order chi connectivity index (χ0) is 18.3. The molecule has 0 aliphatic heterocycles. The van der Waals surface area contributed by atoms with Gasteiger partial charge in [0.15, 0.2) is 19.6 Å². The molecule has 4 nitrogen and oxygen atoms in total. The van der Waals surface area contributed by atoms with Gasteiger partial charge in [-0.1, -0.05) is 25.7 Å². The van der Waals surface area contributed by atoms with Gasteiger partial charge in [-0.25, -0.2) is 14.6 Å². The Morgan fingerprint density at radius 2 is 1.75 bits per heavy atom. The predicted octanol–water partition coefficient (Wildman–Crippen LogP) is 4.46. The van der Waals surface area contributed by atoms with Gasteiger partial charge in [0.25, 0.3) is 0 Å². The van der Waals surface area contributed by atoms with Gasteiger partial charge in [-0.05, 0) is 36.8 Å². The van der Waals surface area contributed by atoms with Gasteiger partial charge in [0, 0.05) is 11.3 Å². The van der Waals surface area contributed by atoms with E-state index in [1.54, 1.807) is 24.3 Å². The van der Waals surface area contributed by atoms with Crippen molar-refractivity contribution in [3.63, 3.8) is 0 Å². The van der Waals surface area contributed by atoms with Crippen molar-refractivity contribution in [2.45, 2.75) is 26.6 Å². The molecule has 0 aliphatic carbocycles. The second-order valence-electron chi connectivity index (χ2n) is 6.18. The molecule has 0 saturated heterocycles. The van der Waals surface area contributed by atoms with E-state index in [0.717, 1.165) is 5.56 Å². The summed E-state index contributed by atoms with van der Waals surface area (Å²) in [5.41, 5.74) is 4.68. The fourth-order valence-electron chi connectivity index (χ4n) is 1.70. The number of aromatic nitrogens is 1. The molecule has 24 heavy (non-hydrogen) atoms. The quantitative estimate of drug-likeness (QED) is 0.756. The molecule has 1 aromatic carbocycles. The smallest absolute Gasteiger partial charge is 0.165 e. The zero-order valence-corrected chi connectivity index (χ0v) is 15.5. The second-order valence-corrected chi connectivity index (χ2v) is 10.9. The molecular weight excluding hydrogens is 321 g/mol. The van der Waals surface area contributed by atoms with Crippen molar-refractivity contribution in [1.82, 2.24) is 4.98 Å². The molecule has 0 atom stereocenters. The van der Waals surface area contributed by atoms with Crippen molar-refractivity contribution in [3.05, 3.63) is 47.4 Å². The maximum Gasteiger partial charge on any atom is 0.165 e. The van der Waals surface area contributed by atoms with Crippen molar-refractivity contribution in [1.29, 1.82) is 10.5 Å². The largest absolute Gasteiger partial charge is 0.494 e. The van der Waals surface area contributed by atoms with Crippen molar-refractivity contribution in [3.8, 4) is 28.8 Å². The van der Waals surface area contributed by atoms with Crippen LogP contribution in [0.4, 0.5) is 4.39 Å². The van der Waals surface area contributed by atoms with Crippen molar-refractivity contribution in [2.24, 2.45) is 0 Å². The first-order valence-corrected chi connectivity index (χ1v) is 10.8. The SMILES string of the molecule is COc1ccc(-c2nc(C#N)ccc2C)cc1F.C[Si](C)(C)C#N. The topological polar surface area (TPSA) is 69.7 Å². The third kappa shape index (κ3) is 5.49. The molecule has 124 valence electrons. The minimum absolute atomic E-state index is 0.188. The summed E-state index contributed by atoms with van der Waals surface area (Å²) < 4.78 is 18.5. The Morgan fingerprint density at radius 3 is 2.21 bits per heavy atom. The molecule has 0 amide bonds. The van der Waals surface area contributed by atoms with Gasteiger partial charge in [0.1, 0.15) is 11.8 Å². The molecule has 0 unspecified atom stereocenters. The van der Waals surface area contributed by atoms with Gasteiger partial charge in [-0.3, -0.25) is 0 Å². The van der Waals surface area contributed by atoms with Crippen molar-refractivity contribution < 1.29 is 9.13 Å². The summed E-state index contributed by atoms with van der Waals surface area (Å²) in [4.78, 5) is 4.19. The molecule has 0 N–H and O–H groups in total. The third-order valence-corrected chi connectivity index (χ3v) is 3.64. The summed E-state index contributed by atoms with van der Waals surface area (Å²) in [5.74, 6) is -0.258. The maximum atomic E-state index is 13.6. The molecule has 0 radical (unpaired) electrons. The van der Waals surface area contributed by atoms with E-state index in [1.165, 1.54) is 13.2 Å². The van der Waals surface area contributed by atoms with E-state index in [-0.39, 0.29) is 5.75 Å². The Hall–Kier alpha value is -2.70. The Labute approximate surface area is 143 Å². The molecule has 1 aromatic heterocycles. The lowest BCUT2D eigenvalue weighted by Crippen LogP contribution is -2.15. The molecule has 0 bridgehead atoms. The van der Waals surface area contributed by atoms with E-state index < -0.39 is 13.9 Å². The van der Waals surface area contributed by atoms with Crippen LogP contribution in [-0.4, -0.2) is 20.2 Å². The number of benzene rings is 1. The number of nitrogens with zero attached hydrogens (tertiary/aromatic N) is 3. The lowest BCUT2D eigenvalue weighted by molar-refractivity contribution is 0.386. The van der Waals surface area contributed by atoms with Gasteiger partial charge < -0.3 is 4.74 Å². The average Bonchev–Trinajstić information content (AvgIpc) is 2.55. The number of hydrogen-bond acceptors (Lipinski definition) is 4. The van der Waals surface area contributed by atoms with Gasteiger partial charge >= 0.3 is 0 Å². The highest BCUT2D eigenvalue weighted by atomic mass is 28.3. The van der Waals surface area contributed by atoms with Gasteiger partial charge in [0.2, 0.25) is 0 Å². The summed E-state index contributed by atoms with van der Waals surface area (Å²) in [7, 11) is 0.0890. The first kappa shape index (κ1) is 19.3. The van der Waals surface area contributed by atoms with Crippen LogP contribution < -0.4 is 4.74 Å². The minimum Gasteiger partial charge on any atom is -0.494 e. The number of rotatable bonds is 2. The van der Waals surface area contributed by atoms with Crippen LogP contribution in [-0.2, 0) is 0 Å². The van der Waals surface area contributed by atoms with Crippen LogP contribution in [0.5, 0.6) is 5.75 Å². The number of ether oxygens (including phenoxy) is 1. The number of methoxy groups -OCH3 is 1. The second kappa shape index (κ2) is 8.23. The minimum atomic E-state index is -1.33. The van der Waals surface area contributed by atoms with E-state index in [1.807, 2.05) is 32.6 Å². The van der Waals surface area contributed by atoms with E-state index in [0.29, 0.717) is 17.0 Å². The van der Waals surface area contributed by atoms with Crippen LogP contribution >= 0.6 is 0 Å². The number of hydrogen-bond donors (Lipinski definition) is 0. The lowest BCUT2D eigenvalue weighted by Gasteiger charge is -2.07. The van der Waals surface area contributed by atoms with Crippen molar-refractivity contribution in [2.75, 3.05) is 7.11 Å². The molecule has 0 aliphatic rings. The first-order chi connectivity index (χ1) is 11.2. The van der Waals surface area contributed by atoms with Crippen LogP contribution in [0.2, 0.25) is 19.6 Å². The molecule has 0 spiro atoms. The third-order valence-electron chi connectivity index (χ3n) is 2.97. The number of pyridine rings is 1. The van der Waals surface area contributed by atoms with E-state index >= 15 is 0 Å². The van der Waals surface area contributed by atoms with E-state index in [4.69, 9.17) is 15.3 Å². The fraction of sp³-hybridized carbons (Fsp3) is 0.278. The summed E-state index contributed by atoms with van der Waals surface area (Å²) in [6.45, 7) is 7.93. The number of aryl methyl sites for hydroxylation is 1. The van der Waals surface area contributed by atoms with Crippen LogP contribution in [0.3, 0.4) is 0 Å². The highest BCUT2D eigenvalue weighted by Crippen LogP contribution is 2.26. The van der Waals surface area contributed by atoms with E-state index in [9.17, 15) is 4.39 Å². The maximum absolute atomic E-state index is 13.6. The average molecular weight is 341 g/mol. The normalized spacial score (nSPS) is 10.0. The standard InChI is InChI=1S/C14H11FN2O.C4H9NSi/c1-9-3-5-11(8-16)17-14(9)10-4-6-13(18-2)12(15)7-10;1-6(2,3)4-5/h3-7H,1-2H3;1-3H3. The van der Waals surface area contributed by atoms with Crippen LogP contribution in [0.1, 0.15) is 11.3 Å². The summed E-state index contributed by atoms with van der Waals surface area (Å²) in [6.07, 6.45) is 0. The molecule has 0 saturated carbocycles. The molecule has 2 aromatic rings. The van der Waals surface area contributed by atoms with Crippen LogP contribution in [0.25, 0.3) is 11.3 Å². The van der Waals surface area contributed by atoms with E-state index in [2.05, 4.69) is 10.7 Å². The monoisotopic (exact) mass is 341 g/mol. The molecular formula is C18H20FN3OSi. The fourth-order valence-corrected chi connectivity index (χ4v) is 1.70. The summed E-state index contributed by atoms with van der Waals surface area (Å²) in [5, 5.41) is 17.0.